The maximum absolute atomic E-state index is 13.2. The average Bonchev–Trinajstić information content (AvgIpc) is 2.96. The van der Waals surface area contributed by atoms with Gasteiger partial charge in [0.25, 0.3) is 0 Å². The quantitative estimate of drug-likeness (QED) is 0.854. The Morgan fingerprint density at radius 3 is 2.86 bits per heavy atom. The van der Waals surface area contributed by atoms with Gasteiger partial charge in [-0.2, -0.15) is 0 Å². The number of hydrogen-bond acceptors (Lipinski definition) is 2. The molecule has 3 heterocycles. The minimum Gasteiger partial charge on any atom is -0.316 e. The zero-order chi connectivity index (χ0) is 14.3. The predicted octanol–water partition coefficient (Wildman–Crippen LogP) is 3.15. The van der Waals surface area contributed by atoms with Crippen LogP contribution in [0, 0.1) is 11.2 Å². The maximum Gasteiger partial charge on any atom is 0.123 e. The van der Waals surface area contributed by atoms with Crippen LogP contribution in [0.1, 0.15) is 43.6 Å². The molecule has 3 heteroatoms. The van der Waals surface area contributed by atoms with Crippen LogP contribution < -0.4 is 5.32 Å². The second-order valence-corrected chi connectivity index (χ2v) is 7.21. The summed E-state index contributed by atoms with van der Waals surface area (Å²) in [7, 11) is 0. The number of halogens is 1. The van der Waals surface area contributed by atoms with E-state index in [0.717, 1.165) is 19.1 Å². The smallest absolute Gasteiger partial charge is 0.123 e. The van der Waals surface area contributed by atoms with Gasteiger partial charge in [-0.05, 0) is 74.8 Å². The van der Waals surface area contributed by atoms with Crippen LogP contribution >= 0.6 is 0 Å². The summed E-state index contributed by atoms with van der Waals surface area (Å²) in [6.45, 7) is 4.77. The molecule has 1 spiro atoms. The summed E-state index contributed by atoms with van der Waals surface area (Å²) in [5.74, 6) is 0.428. The minimum absolute atomic E-state index is 0.123. The highest BCUT2D eigenvalue weighted by Crippen LogP contribution is 2.51. The lowest BCUT2D eigenvalue weighted by Gasteiger charge is -2.51. The Balaban J connectivity index is 1.63. The van der Waals surface area contributed by atoms with Crippen LogP contribution in [-0.4, -0.2) is 37.1 Å². The van der Waals surface area contributed by atoms with E-state index in [-0.39, 0.29) is 5.82 Å². The Morgan fingerprint density at radius 1 is 1.14 bits per heavy atom. The van der Waals surface area contributed by atoms with Gasteiger partial charge >= 0.3 is 0 Å². The molecule has 1 N–H and O–H groups in total. The molecule has 0 aliphatic carbocycles. The minimum atomic E-state index is -0.123. The monoisotopic (exact) mass is 288 g/mol. The van der Waals surface area contributed by atoms with Gasteiger partial charge in [-0.15, -0.1) is 0 Å². The van der Waals surface area contributed by atoms with Crippen LogP contribution in [0.4, 0.5) is 4.39 Å². The normalized spacial score (nSPS) is 36.8. The highest BCUT2D eigenvalue weighted by atomic mass is 19.1. The van der Waals surface area contributed by atoms with Crippen molar-refractivity contribution in [2.45, 2.75) is 44.1 Å². The second-order valence-electron chi connectivity index (χ2n) is 7.21. The van der Waals surface area contributed by atoms with Gasteiger partial charge in [-0.1, -0.05) is 12.1 Å². The summed E-state index contributed by atoms with van der Waals surface area (Å²) in [4.78, 5) is 2.70. The molecule has 0 saturated carbocycles. The van der Waals surface area contributed by atoms with E-state index in [0.29, 0.717) is 11.3 Å². The van der Waals surface area contributed by atoms with E-state index >= 15 is 0 Å². The number of rotatable bonds is 1. The van der Waals surface area contributed by atoms with E-state index < -0.39 is 0 Å². The first-order chi connectivity index (χ1) is 10.3. The highest BCUT2D eigenvalue weighted by molar-refractivity contribution is 5.25. The van der Waals surface area contributed by atoms with Crippen molar-refractivity contribution < 1.29 is 4.39 Å². The van der Waals surface area contributed by atoms with E-state index in [1.54, 1.807) is 12.1 Å². The van der Waals surface area contributed by atoms with Gasteiger partial charge < -0.3 is 10.2 Å². The number of benzene rings is 1. The maximum atomic E-state index is 13.2. The SMILES string of the molecule is Fc1ccc(C2CNCCC23CCN2CCCC2C3)cc1. The molecule has 0 amide bonds. The van der Waals surface area contributed by atoms with Gasteiger partial charge in [0.2, 0.25) is 0 Å². The Hall–Kier alpha value is -0.930. The van der Waals surface area contributed by atoms with Crippen molar-refractivity contribution in [1.82, 2.24) is 10.2 Å². The summed E-state index contributed by atoms with van der Waals surface area (Å²) < 4.78 is 13.2. The zero-order valence-corrected chi connectivity index (χ0v) is 12.7. The van der Waals surface area contributed by atoms with Crippen molar-refractivity contribution in [3.63, 3.8) is 0 Å². The number of piperidine rings is 2. The molecule has 3 atom stereocenters. The molecule has 114 valence electrons. The fraction of sp³-hybridized carbons (Fsp3) is 0.667. The molecule has 2 nitrogen and oxygen atoms in total. The molecule has 0 radical (unpaired) electrons. The van der Waals surface area contributed by atoms with Gasteiger partial charge in [-0.25, -0.2) is 4.39 Å². The van der Waals surface area contributed by atoms with Crippen LogP contribution in [0.2, 0.25) is 0 Å². The first-order valence-electron chi connectivity index (χ1n) is 8.47. The summed E-state index contributed by atoms with van der Waals surface area (Å²) in [5.41, 5.74) is 1.77. The number of nitrogens with zero attached hydrogens (tertiary/aromatic N) is 1. The zero-order valence-electron chi connectivity index (χ0n) is 12.7. The van der Waals surface area contributed by atoms with Gasteiger partial charge in [0.15, 0.2) is 0 Å². The highest BCUT2D eigenvalue weighted by Gasteiger charge is 2.47. The summed E-state index contributed by atoms with van der Waals surface area (Å²) in [6.07, 6.45) is 6.69. The van der Waals surface area contributed by atoms with Gasteiger partial charge in [-0.3, -0.25) is 0 Å². The van der Waals surface area contributed by atoms with Crippen LogP contribution in [0.15, 0.2) is 24.3 Å². The summed E-state index contributed by atoms with van der Waals surface area (Å²) in [5, 5.41) is 3.57. The van der Waals surface area contributed by atoms with Crippen molar-refractivity contribution in [2.24, 2.45) is 5.41 Å². The molecule has 1 aromatic rings. The standard InChI is InChI=1S/C18H25FN2/c19-15-5-3-14(4-6-15)17-13-20-9-7-18(17)8-11-21-10-1-2-16(21)12-18/h3-6,16-17,20H,1-2,7-13H2. The van der Waals surface area contributed by atoms with Crippen LogP contribution in [0.5, 0.6) is 0 Å². The third-order valence-electron chi connectivity index (χ3n) is 6.20. The number of nitrogens with one attached hydrogen (secondary N) is 1. The van der Waals surface area contributed by atoms with Crippen molar-refractivity contribution in [3.8, 4) is 0 Å². The Morgan fingerprint density at radius 2 is 2.00 bits per heavy atom. The van der Waals surface area contributed by atoms with Gasteiger partial charge in [0.1, 0.15) is 5.82 Å². The third-order valence-corrected chi connectivity index (χ3v) is 6.20. The second kappa shape index (κ2) is 5.36. The fourth-order valence-corrected chi connectivity index (χ4v) is 5.04. The molecule has 0 aromatic heterocycles. The molecule has 3 aliphatic rings. The van der Waals surface area contributed by atoms with Crippen molar-refractivity contribution in [2.75, 3.05) is 26.2 Å². The Labute approximate surface area is 126 Å². The van der Waals surface area contributed by atoms with Gasteiger partial charge in [0.05, 0.1) is 0 Å². The van der Waals surface area contributed by atoms with E-state index in [2.05, 4.69) is 10.2 Å². The van der Waals surface area contributed by atoms with Crippen LogP contribution in [0.25, 0.3) is 0 Å². The summed E-state index contributed by atoms with van der Waals surface area (Å²) in [6, 6.07) is 8.08. The first-order valence-corrected chi connectivity index (χ1v) is 8.47. The molecule has 0 bridgehead atoms. The lowest BCUT2D eigenvalue weighted by molar-refractivity contribution is 0.0318. The van der Waals surface area contributed by atoms with Crippen molar-refractivity contribution in [3.05, 3.63) is 35.6 Å². The molecule has 3 unspecified atom stereocenters. The molecule has 1 aromatic carbocycles. The molecule has 21 heavy (non-hydrogen) atoms. The lowest BCUT2D eigenvalue weighted by atomic mass is 9.61. The average molecular weight is 288 g/mol. The van der Waals surface area contributed by atoms with Gasteiger partial charge in [0, 0.05) is 18.5 Å². The largest absolute Gasteiger partial charge is 0.316 e. The molecule has 3 saturated heterocycles. The predicted molar refractivity (Wildman–Crippen MR) is 82.9 cm³/mol. The first kappa shape index (κ1) is 13.7. The van der Waals surface area contributed by atoms with E-state index in [1.807, 2.05) is 12.1 Å². The third kappa shape index (κ3) is 2.40. The fourth-order valence-electron chi connectivity index (χ4n) is 5.04. The van der Waals surface area contributed by atoms with E-state index in [1.165, 1.54) is 50.8 Å². The summed E-state index contributed by atoms with van der Waals surface area (Å²) >= 11 is 0. The Bertz CT molecular complexity index is 500. The van der Waals surface area contributed by atoms with Crippen LogP contribution in [0.3, 0.4) is 0 Å². The molecule has 3 fully saturated rings. The van der Waals surface area contributed by atoms with Crippen molar-refractivity contribution >= 4 is 0 Å². The molecular formula is C18H25FN2. The van der Waals surface area contributed by atoms with E-state index in [4.69, 9.17) is 0 Å². The van der Waals surface area contributed by atoms with Crippen LogP contribution in [-0.2, 0) is 0 Å². The molecule has 4 rings (SSSR count). The number of hydrogen-bond donors (Lipinski definition) is 1. The molecular weight excluding hydrogens is 263 g/mol. The Kier molecular flexibility index (Phi) is 3.50. The lowest BCUT2D eigenvalue weighted by Crippen LogP contribution is -2.52. The van der Waals surface area contributed by atoms with E-state index in [9.17, 15) is 4.39 Å². The van der Waals surface area contributed by atoms with Crippen molar-refractivity contribution in [1.29, 1.82) is 0 Å². The number of fused-ring (bicyclic) bond motifs is 1. The topological polar surface area (TPSA) is 15.3 Å². The molecule has 3 aliphatic heterocycles.